The molecular weight excluding hydrogens is 551 g/mol. The van der Waals surface area contributed by atoms with Crippen molar-refractivity contribution in [3.8, 4) is 23.5 Å². The van der Waals surface area contributed by atoms with E-state index in [1.54, 1.807) is 37.3 Å². The molecule has 0 bridgehead atoms. The maximum absolute atomic E-state index is 16.1. The Bertz CT molecular complexity index is 1550. The summed E-state index contributed by atoms with van der Waals surface area (Å²) in [6.45, 7) is 1.19. The molecule has 15 heteroatoms. The quantitative estimate of drug-likeness (QED) is 0.143. The zero-order valence-electron chi connectivity index (χ0n) is 23.0. The van der Waals surface area contributed by atoms with Crippen molar-refractivity contribution in [2.45, 2.75) is 13.3 Å². The van der Waals surface area contributed by atoms with E-state index in [4.69, 9.17) is 24.4 Å². The third-order valence-electron chi connectivity index (χ3n) is 5.67. The fourth-order valence-electron chi connectivity index (χ4n) is 3.88. The van der Waals surface area contributed by atoms with Crippen molar-refractivity contribution in [1.29, 1.82) is 5.41 Å². The molecule has 0 spiro atoms. The monoisotopic (exact) mass is 580 g/mol. The molecule has 0 aliphatic heterocycles. The number of aromatic nitrogens is 5. The molecular formula is C27H29FN8O6. The first-order valence-electron chi connectivity index (χ1n) is 12.7. The minimum Gasteiger partial charge on any atom is -0.494 e. The van der Waals surface area contributed by atoms with E-state index in [1.807, 2.05) is 0 Å². The number of para-hydroxylation sites is 1. The van der Waals surface area contributed by atoms with E-state index in [9.17, 15) is 9.90 Å². The molecule has 4 N–H and O–H groups in total. The highest BCUT2D eigenvalue weighted by atomic mass is 19.1. The predicted molar refractivity (Wildman–Crippen MR) is 149 cm³/mol. The van der Waals surface area contributed by atoms with E-state index in [1.165, 1.54) is 37.4 Å². The lowest BCUT2D eigenvalue weighted by molar-refractivity contribution is 0.158. The van der Waals surface area contributed by atoms with Crippen molar-refractivity contribution >= 4 is 23.3 Å². The second-order valence-electron chi connectivity index (χ2n) is 8.37. The Morgan fingerprint density at radius 2 is 1.90 bits per heavy atom. The van der Waals surface area contributed by atoms with Crippen LogP contribution >= 0.6 is 0 Å². The average Bonchev–Trinajstić information content (AvgIpc) is 3.42. The summed E-state index contributed by atoms with van der Waals surface area (Å²) >= 11 is 0. The third-order valence-corrected chi connectivity index (χ3v) is 5.67. The number of rotatable bonds is 12. The molecule has 0 saturated heterocycles. The standard InChI is InChI=1S/C27H29FN8O6/c1-4-41-27(38)34-24(29)17-8-5-6-9-18(17)32-22-19(39-2)14-16(21(28)23(22)42-13-12-37)15-20-33-26(40-3)36(35-20)25-30-10-7-11-31-25/h5-11,14,32,37H,4,12-13,15H2,1-3H3,(H2,29,34,38). The second-order valence-corrected chi connectivity index (χ2v) is 8.37. The van der Waals surface area contributed by atoms with Gasteiger partial charge in [-0.1, -0.05) is 12.1 Å². The molecule has 220 valence electrons. The molecule has 1 amide bonds. The highest BCUT2D eigenvalue weighted by Crippen LogP contribution is 2.42. The number of carbonyl (C=O) groups is 1. The molecule has 0 radical (unpaired) electrons. The molecule has 42 heavy (non-hydrogen) atoms. The summed E-state index contributed by atoms with van der Waals surface area (Å²) in [5, 5.41) is 27.5. The van der Waals surface area contributed by atoms with Crippen molar-refractivity contribution in [3.63, 3.8) is 0 Å². The number of anilines is 2. The number of nitrogens with zero attached hydrogens (tertiary/aromatic N) is 5. The van der Waals surface area contributed by atoms with E-state index < -0.39 is 11.9 Å². The summed E-state index contributed by atoms with van der Waals surface area (Å²) in [7, 11) is 2.81. The Kier molecular flexibility index (Phi) is 9.78. The number of nitrogens with one attached hydrogen (secondary N) is 3. The number of carbonyl (C=O) groups excluding carboxylic acids is 1. The normalized spacial score (nSPS) is 10.6. The van der Waals surface area contributed by atoms with E-state index in [-0.39, 0.29) is 78.2 Å². The van der Waals surface area contributed by atoms with Crippen molar-refractivity contribution < 1.29 is 33.2 Å². The largest absolute Gasteiger partial charge is 0.494 e. The van der Waals surface area contributed by atoms with Gasteiger partial charge in [-0.05, 0) is 31.2 Å². The van der Waals surface area contributed by atoms with Gasteiger partial charge in [0.2, 0.25) is 0 Å². The Morgan fingerprint density at radius 1 is 1.14 bits per heavy atom. The number of alkyl carbamates (subject to hydrolysis) is 1. The van der Waals surface area contributed by atoms with Gasteiger partial charge >= 0.3 is 12.1 Å². The lowest BCUT2D eigenvalue weighted by Gasteiger charge is -2.20. The average molecular weight is 581 g/mol. The first-order valence-corrected chi connectivity index (χ1v) is 12.7. The summed E-state index contributed by atoms with van der Waals surface area (Å²) in [5.74, 6) is -0.622. The molecule has 0 unspecified atom stereocenters. The van der Waals surface area contributed by atoms with Gasteiger partial charge in [-0.15, -0.1) is 9.78 Å². The second kappa shape index (κ2) is 13.8. The highest BCUT2D eigenvalue weighted by Gasteiger charge is 2.24. The van der Waals surface area contributed by atoms with E-state index in [2.05, 4.69) is 30.7 Å². The highest BCUT2D eigenvalue weighted by molar-refractivity contribution is 6.08. The van der Waals surface area contributed by atoms with Crippen LogP contribution in [0.3, 0.4) is 0 Å². The smallest absolute Gasteiger partial charge is 0.412 e. The van der Waals surface area contributed by atoms with Crippen molar-refractivity contribution in [3.05, 3.63) is 71.6 Å². The van der Waals surface area contributed by atoms with Crippen LogP contribution in [0.1, 0.15) is 23.9 Å². The number of ether oxygens (including phenoxy) is 4. The van der Waals surface area contributed by atoms with Gasteiger partial charge < -0.3 is 29.4 Å². The van der Waals surface area contributed by atoms with Gasteiger partial charge in [0.15, 0.2) is 17.4 Å². The van der Waals surface area contributed by atoms with E-state index in [0.29, 0.717) is 5.69 Å². The van der Waals surface area contributed by atoms with Gasteiger partial charge in [0.25, 0.3) is 5.95 Å². The number of amidine groups is 1. The van der Waals surface area contributed by atoms with Crippen LogP contribution in [0.15, 0.2) is 48.8 Å². The maximum atomic E-state index is 16.1. The summed E-state index contributed by atoms with van der Waals surface area (Å²) in [6, 6.07) is 9.81. The van der Waals surface area contributed by atoms with Gasteiger partial charge in [-0.2, -0.15) is 4.98 Å². The molecule has 4 aromatic rings. The van der Waals surface area contributed by atoms with Crippen LogP contribution in [0, 0.1) is 11.2 Å². The number of hydrogen-bond acceptors (Lipinski definition) is 12. The third kappa shape index (κ3) is 6.69. The molecule has 2 heterocycles. The minimum absolute atomic E-state index is 0.0845. The van der Waals surface area contributed by atoms with Crippen molar-refractivity contribution in [2.75, 3.05) is 39.4 Å². The number of amides is 1. The molecule has 0 aliphatic rings. The van der Waals surface area contributed by atoms with Gasteiger partial charge in [0, 0.05) is 35.6 Å². The Labute approximate surface area is 240 Å². The molecule has 0 fully saturated rings. The Morgan fingerprint density at radius 3 is 2.60 bits per heavy atom. The van der Waals surface area contributed by atoms with Crippen LogP contribution in [-0.2, 0) is 11.2 Å². The first-order chi connectivity index (χ1) is 20.4. The molecule has 4 rings (SSSR count). The predicted octanol–water partition coefficient (Wildman–Crippen LogP) is 2.99. The molecule has 0 atom stereocenters. The number of aliphatic hydroxyl groups excluding tert-OH is 1. The van der Waals surface area contributed by atoms with Gasteiger partial charge in [0.05, 0.1) is 27.4 Å². The molecule has 2 aromatic carbocycles. The number of halogens is 1. The first kappa shape index (κ1) is 29.7. The molecule has 0 saturated carbocycles. The summed E-state index contributed by atoms with van der Waals surface area (Å²) < 4.78 is 38.7. The Hall–Kier alpha value is -5.31. The van der Waals surface area contributed by atoms with Gasteiger partial charge in [0.1, 0.15) is 23.9 Å². The Balaban J connectivity index is 1.72. The summed E-state index contributed by atoms with van der Waals surface area (Å²) in [4.78, 5) is 24.5. The topological polar surface area (TPSA) is 179 Å². The van der Waals surface area contributed by atoms with E-state index in [0.717, 1.165) is 0 Å². The number of methoxy groups -OCH3 is 2. The molecule has 14 nitrogen and oxygen atoms in total. The van der Waals surface area contributed by atoms with Gasteiger partial charge in [-0.3, -0.25) is 10.7 Å². The van der Waals surface area contributed by atoms with Crippen LogP contribution in [0.4, 0.5) is 20.6 Å². The summed E-state index contributed by atoms with van der Waals surface area (Å²) in [6.07, 6.45) is 2.20. The molecule has 2 aromatic heterocycles. The van der Waals surface area contributed by atoms with Crippen molar-refractivity contribution in [2.24, 2.45) is 0 Å². The minimum atomic E-state index is -0.788. The number of aliphatic hydroxyl groups is 1. The van der Waals surface area contributed by atoms with E-state index >= 15 is 4.39 Å². The zero-order chi connectivity index (χ0) is 30.1. The van der Waals surface area contributed by atoms with Crippen molar-refractivity contribution in [1.82, 2.24) is 30.0 Å². The van der Waals surface area contributed by atoms with Crippen LogP contribution in [0.2, 0.25) is 0 Å². The van der Waals surface area contributed by atoms with Crippen LogP contribution in [0.5, 0.6) is 17.5 Å². The fraction of sp³-hybridized carbons (Fsp3) is 0.259. The lowest BCUT2D eigenvalue weighted by atomic mass is 10.1. The summed E-state index contributed by atoms with van der Waals surface area (Å²) in [5.41, 5.74) is 0.850. The number of benzene rings is 2. The van der Waals surface area contributed by atoms with Crippen LogP contribution in [-0.4, -0.2) is 75.8 Å². The SMILES string of the molecule is CCOC(=O)NC(=N)c1ccccc1Nc1c(OC)cc(Cc2nc(OC)n(-c3ncccn3)n2)c(F)c1OCCO. The maximum Gasteiger partial charge on any atom is 0.412 e. The molecule has 0 aliphatic carbocycles. The van der Waals surface area contributed by atoms with Crippen LogP contribution < -0.4 is 24.8 Å². The lowest BCUT2D eigenvalue weighted by Crippen LogP contribution is -2.31. The number of hydrogen-bond donors (Lipinski definition) is 4. The van der Waals surface area contributed by atoms with Gasteiger partial charge in [-0.25, -0.2) is 19.2 Å². The fourth-order valence-corrected chi connectivity index (χ4v) is 3.88. The van der Waals surface area contributed by atoms with Crippen LogP contribution in [0.25, 0.3) is 5.95 Å². The zero-order valence-corrected chi connectivity index (χ0v) is 23.0.